The van der Waals surface area contributed by atoms with Gasteiger partial charge < -0.3 is 14.8 Å². The number of benzene rings is 2. The van der Waals surface area contributed by atoms with Crippen molar-refractivity contribution in [3.05, 3.63) is 54.1 Å². The second-order valence-electron chi connectivity index (χ2n) is 4.92. The third-order valence-electron chi connectivity index (χ3n) is 3.03. The Morgan fingerprint density at radius 3 is 2.19 bits per heavy atom. The van der Waals surface area contributed by atoms with Gasteiger partial charge in [-0.05, 0) is 60.3 Å². The highest BCUT2D eigenvalue weighted by Crippen LogP contribution is 2.36. The van der Waals surface area contributed by atoms with Crippen molar-refractivity contribution >= 4 is 29.3 Å². The van der Waals surface area contributed by atoms with Gasteiger partial charge in [-0.3, -0.25) is 4.79 Å². The fourth-order valence-corrected chi connectivity index (χ4v) is 2.42. The number of esters is 1. The summed E-state index contributed by atoms with van der Waals surface area (Å²) in [4.78, 5) is 23.5. The Morgan fingerprint density at radius 1 is 1.04 bits per heavy atom. The van der Waals surface area contributed by atoms with Crippen LogP contribution in [0.3, 0.4) is 0 Å². The number of alkyl halides is 3. The molecule has 0 saturated carbocycles. The van der Waals surface area contributed by atoms with Crippen molar-refractivity contribution in [2.24, 2.45) is 0 Å². The van der Waals surface area contributed by atoms with Crippen molar-refractivity contribution in [2.75, 3.05) is 19.0 Å². The molecule has 2 rings (SSSR count). The molecule has 5 nitrogen and oxygen atoms in total. The van der Waals surface area contributed by atoms with Gasteiger partial charge in [0, 0.05) is 10.6 Å². The third-order valence-corrected chi connectivity index (χ3v) is 3.77. The standard InChI is InChI=1S/C17H14F3NO4S/c1-24-13-6-4-12(5-7-13)21-15(22)10-25-16(23)11-2-8-14(9-3-11)26-17(18,19)20/h2-9H,10H2,1H3,(H,21,22). The van der Waals surface area contributed by atoms with Crippen LogP contribution in [0.25, 0.3) is 0 Å². The van der Waals surface area contributed by atoms with Crippen LogP contribution >= 0.6 is 11.8 Å². The molecule has 0 aliphatic heterocycles. The van der Waals surface area contributed by atoms with Crippen molar-refractivity contribution < 1.29 is 32.2 Å². The molecule has 1 N–H and O–H groups in total. The van der Waals surface area contributed by atoms with E-state index in [0.717, 1.165) is 12.1 Å². The van der Waals surface area contributed by atoms with Gasteiger partial charge >= 0.3 is 11.5 Å². The maximum atomic E-state index is 12.3. The predicted molar refractivity (Wildman–Crippen MR) is 90.3 cm³/mol. The van der Waals surface area contributed by atoms with Crippen LogP contribution < -0.4 is 10.1 Å². The molecule has 2 aromatic rings. The molecule has 138 valence electrons. The molecule has 0 saturated heterocycles. The summed E-state index contributed by atoms with van der Waals surface area (Å²) in [6.45, 7) is -0.524. The molecule has 0 bridgehead atoms. The SMILES string of the molecule is COc1ccc(NC(=O)COC(=O)c2ccc(SC(F)(F)F)cc2)cc1. The van der Waals surface area contributed by atoms with Crippen LogP contribution in [-0.4, -0.2) is 31.1 Å². The Kier molecular flexibility index (Phi) is 6.51. The second-order valence-corrected chi connectivity index (χ2v) is 6.06. The van der Waals surface area contributed by atoms with Crippen molar-refractivity contribution in [2.45, 2.75) is 10.4 Å². The van der Waals surface area contributed by atoms with E-state index in [1.165, 1.54) is 19.2 Å². The van der Waals surface area contributed by atoms with Gasteiger partial charge in [-0.2, -0.15) is 13.2 Å². The minimum atomic E-state index is -4.40. The van der Waals surface area contributed by atoms with Crippen LogP contribution in [0.1, 0.15) is 10.4 Å². The fourth-order valence-electron chi connectivity index (χ4n) is 1.88. The summed E-state index contributed by atoms with van der Waals surface area (Å²) in [5, 5.41) is 2.53. The lowest BCUT2D eigenvalue weighted by Crippen LogP contribution is -2.20. The normalized spacial score (nSPS) is 10.9. The average molecular weight is 385 g/mol. The summed E-state index contributed by atoms with van der Waals surface area (Å²) in [7, 11) is 1.52. The quantitative estimate of drug-likeness (QED) is 0.599. The first-order valence-electron chi connectivity index (χ1n) is 7.23. The number of anilines is 1. The van der Waals surface area contributed by atoms with E-state index in [2.05, 4.69) is 5.32 Å². The molecule has 26 heavy (non-hydrogen) atoms. The number of amides is 1. The number of carbonyl (C=O) groups excluding carboxylic acids is 2. The number of nitrogens with one attached hydrogen (secondary N) is 1. The van der Waals surface area contributed by atoms with Gasteiger partial charge in [-0.1, -0.05) is 0 Å². The topological polar surface area (TPSA) is 64.6 Å². The average Bonchev–Trinajstić information content (AvgIpc) is 2.59. The van der Waals surface area contributed by atoms with Gasteiger partial charge in [0.1, 0.15) is 5.75 Å². The third kappa shape index (κ3) is 6.32. The molecular formula is C17H14F3NO4S. The lowest BCUT2D eigenvalue weighted by atomic mass is 10.2. The molecule has 0 unspecified atom stereocenters. The Hall–Kier alpha value is -2.68. The van der Waals surface area contributed by atoms with E-state index < -0.39 is 24.0 Å². The highest BCUT2D eigenvalue weighted by Gasteiger charge is 2.29. The van der Waals surface area contributed by atoms with Crippen LogP contribution in [0.2, 0.25) is 0 Å². The smallest absolute Gasteiger partial charge is 0.446 e. The molecule has 0 atom stereocenters. The van der Waals surface area contributed by atoms with Crippen molar-refractivity contribution in [1.29, 1.82) is 0 Å². The van der Waals surface area contributed by atoms with Crippen LogP contribution in [0.4, 0.5) is 18.9 Å². The molecule has 2 aromatic carbocycles. The highest BCUT2D eigenvalue weighted by atomic mass is 32.2. The van der Waals surface area contributed by atoms with Gasteiger partial charge in [0.25, 0.3) is 5.91 Å². The van der Waals surface area contributed by atoms with Crippen LogP contribution in [0.5, 0.6) is 5.75 Å². The van der Waals surface area contributed by atoms with E-state index in [4.69, 9.17) is 9.47 Å². The first-order chi connectivity index (χ1) is 12.3. The van der Waals surface area contributed by atoms with Crippen LogP contribution in [-0.2, 0) is 9.53 Å². The zero-order valence-corrected chi connectivity index (χ0v) is 14.3. The van der Waals surface area contributed by atoms with E-state index >= 15 is 0 Å². The summed E-state index contributed by atoms with van der Waals surface area (Å²) < 4.78 is 46.6. The van der Waals surface area contributed by atoms with Crippen LogP contribution in [0, 0.1) is 0 Å². The Bertz CT molecular complexity index is 761. The van der Waals surface area contributed by atoms with E-state index in [0.29, 0.717) is 11.4 Å². The minimum absolute atomic E-state index is 0.0497. The van der Waals surface area contributed by atoms with Gasteiger partial charge in [0.2, 0.25) is 0 Å². The summed E-state index contributed by atoms with van der Waals surface area (Å²) in [5.41, 5.74) is -3.85. The van der Waals surface area contributed by atoms with E-state index in [9.17, 15) is 22.8 Å². The monoisotopic (exact) mass is 385 g/mol. The second kappa shape index (κ2) is 8.61. The van der Waals surface area contributed by atoms with Gasteiger partial charge in [-0.15, -0.1) is 0 Å². The van der Waals surface area contributed by atoms with Gasteiger partial charge in [-0.25, -0.2) is 4.79 Å². The predicted octanol–water partition coefficient (Wildman–Crippen LogP) is 4.10. The number of rotatable bonds is 6. The molecule has 0 fully saturated rings. The first kappa shape index (κ1) is 19.6. The maximum absolute atomic E-state index is 12.3. The highest BCUT2D eigenvalue weighted by molar-refractivity contribution is 8.00. The van der Waals surface area contributed by atoms with Crippen molar-refractivity contribution in [3.63, 3.8) is 0 Å². The summed E-state index contributed by atoms with van der Waals surface area (Å²) in [6, 6.07) is 11.3. The fraction of sp³-hybridized carbons (Fsp3) is 0.176. The molecular weight excluding hydrogens is 371 g/mol. The molecule has 9 heteroatoms. The number of halogens is 3. The molecule has 0 aliphatic rings. The Morgan fingerprint density at radius 2 is 1.65 bits per heavy atom. The largest absolute Gasteiger partial charge is 0.497 e. The zero-order valence-electron chi connectivity index (χ0n) is 13.5. The van der Waals surface area contributed by atoms with E-state index in [-0.39, 0.29) is 22.2 Å². The van der Waals surface area contributed by atoms with E-state index in [1.807, 2.05) is 0 Å². The number of ether oxygens (including phenoxy) is 2. The number of hydrogen-bond acceptors (Lipinski definition) is 5. The maximum Gasteiger partial charge on any atom is 0.446 e. The molecule has 0 radical (unpaired) electrons. The Labute approximate surface area is 151 Å². The van der Waals surface area contributed by atoms with Crippen LogP contribution in [0.15, 0.2) is 53.4 Å². The molecule has 0 spiro atoms. The minimum Gasteiger partial charge on any atom is -0.497 e. The molecule has 1 amide bonds. The lowest BCUT2D eigenvalue weighted by molar-refractivity contribution is -0.119. The lowest BCUT2D eigenvalue weighted by Gasteiger charge is -2.08. The number of methoxy groups -OCH3 is 1. The summed E-state index contributed by atoms with van der Waals surface area (Å²) >= 11 is -0.282. The summed E-state index contributed by atoms with van der Waals surface area (Å²) in [6.07, 6.45) is 0. The van der Waals surface area contributed by atoms with Crippen molar-refractivity contribution in [3.8, 4) is 5.75 Å². The van der Waals surface area contributed by atoms with E-state index in [1.54, 1.807) is 24.3 Å². The molecule has 0 aliphatic carbocycles. The number of carbonyl (C=O) groups is 2. The van der Waals surface area contributed by atoms with Gasteiger partial charge in [0.05, 0.1) is 12.7 Å². The van der Waals surface area contributed by atoms with Crippen molar-refractivity contribution in [1.82, 2.24) is 0 Å². The number of thioether (sulfide) groups is 1. The van der Waals surface area contributed by atoms with Gasteiger partial charge in [0.15, 0.2) is 6.61 Å². The zero-order chi connectivity index (χ0) is 19.2. The summed E-state index contributed by atoms with van der Waals surface area (Å²) in [5.74, 6) is -0.729. The number of hydrogen-bond donors (Lipinski definition) is 1. The molecule has 0 heterocycles. The molecule has 0 aromatic heterocycles. The Balaban J connectivity index is 1.84. The first-order valence-corrected chi connectivity index (χ1v) is 8.05.